The fourth-order valence-electron chi connectivity index (χ4n) is 2.99. The van der Waals surface area contributed by atoms with Crippen LogP contribution in [-0.4, -0.2) is 32.0 Å². The lowest BCUT2D eigenvalue weighted by molar-refractivity contribution is 0.102. The number of carbonyl (C=O) groups excluding carboxylic acids is 1. The second-order valence-corrected chi connectivity index (χ2v) is 6.66. The van der Waals surface area contributed by atoms with Crippen LogP contribution in [0.3, 0.4) is 0 Å². The van der Waals surface area contributed by atoms with E-state index in [4.69, 9.17) is 4.55 Å². The van der Waals surface area contributed by atoms with E-state index in [1.165, 1.54) is 0 Å². The first-order valence-electron chi connectivity index (χ1n) is 8.46. The van der Waals surface area contributed by atoms with Crippen molar-refractivity contribution in [1.29, 1.82) is 0 Å². The molecular weight excluding hydrogens is 362 g/mol. The van der Waals surface area contributed by atoms with E-state index in [1.807, 2.05) is 30.3 Å². The molecule has 0 atom stereocenters. The van der Waals surface area contributed by atoms with Gasteiger partial charge in [-0.3, -0.25) is 4.79 Å². The highest BCUT2D eigenvalue weighted by Gasteiger charge is 2.20. The summed E-state index contributed by atoms with van der Waals surface area (Å²) < 4.78 is 9.09. The molecule has 27 heavy (non-hydrogen) atoms. The van der Waals surface area contributed by atoms with Gasteiger partial charge in [0.1, 0.15) is 5.82 Å². The molecule has 3 aromatic rings. The molecule has 1 aromatic carbocycles. The second-order valence-electron chi connectivity index (χ2n) is 6.11. The third-order valence-electron chi connectivity index (χ3n) is 4.36. The molecule has 2 aromatic heterocycles. The number of nitrogens with zero attached hydrogens (tertiary/aromatic N) is 4. The fraction of sp³-hybridized carbons (Fsp3) is 0.158. The molecule has 136 valence electrons. The van der Waals surface area contributed by atoms with Gasteiger partial charge in [-0.1, -0.05) is 18.2 Å². The predicted molar refractivity (Wildman–Crippen MR) is 104 cm³/mol. The second kappa shape index (κ2) is 7.73. The van der Waals surface area contributed by atoms with E-state index in [1.54, 1.807) is 24.5 Å². The molecule has 0 bridgehead atoms. The van der Waals surface area contributed by atoms with Gasteiger partial charge in [0, 0.05) is 48.7 Å². The van der Waals surface area contributed by atoms with Crippen LogP contribution in [0.2, 0.25) is 0 Å². The molecular formula is C19H17N5O2S. The molecule has 0 fully saturated rings. The Hall–Kier alpha value is -2.97. The zero-order valence-electron chi connectivity index (χ0n) is 14.4. The van der Waals surface area contributed by atoms with Crippen LogP contribution in [0.5, 0.6) is 0 Å². The van der Waals surface area contributed by atoms with E-state index >= 15 is 0 Å². The van der Waals surface area contributed by atoms with E-state index in [0.717, 1.165) is 35.7 Å². The van der Waals surface area contributed by atoms with Gasteiger partial charge >= 0.3 is 0 Å². The third-order valence-corrected chi connectivity index (χ3v) is 4.72. The first-order valence-corrected chi connectivity index (χ1v) is 9.24. The lowest BCUT2D eigenvalue weighted by atomic mass is 10.1. The molecule has 2 N–H and O–H groups in total. The van der Waals surface area contributed by atoms with Crippen molar-refractivity contribution in [2.45, 2.75) is 18.1 Å². The number of aromatic nitrogens is 3. The summed E-state index contributed by atoms with van der Waals surface area (Å²) in [6.07, 6.45) is 4.11. The Morgan fingerprint density at radius 3 is 2.85 bits per heavy atom. The van der Waals surface area contributed by atoms with E-state index < -0.39 is 0 Å². The molecule has 0 saturated heterocycles. The predicted octanol–water partition coefficient (Wildman–Crippen LogP) is 3.25. The smallest absolute Gasteiger partial charge is 0.255 e. The molecule has 7 nitrogen and oxygen atoms in total. The van der Waals surface area contributed by atoms with Crippen LogP contribution in [-0.2, 0) is 13.0 Å². The van der Waals surface area contributed by atoms with Crippen molar-refractivity contribution >= 4 is 29.5 Å². The first kappa shape index (κ1) is 17.4. The Morgan fingerprint density at radius 1 is 1.19 bits per heavy atom. The number of carbonyl (C=O) groups is 1. The number of para-hydroxylation sites is 1. The van der Waals surface area contributed by atoms with Gasteiger partial charge in [-0.2, -0.15) is 0 Å². The number of nitrogens with one attached hydrogen (secondary N) is 1. The summed E-state index contributed by atoms with van der Waals surface area (Å²) in [5.41, 5.74) is 3.25. The first-order chi connectivity index (χ1) is 13.2. The molecule has 0 unspecified atom stereocenters. The van der Waals surface area contributed by atoms with Crippen LogP contribution in [0, 0.1) is 0 Å². The van der Waals surface area contributed by atoms with E-state index in [0.29, 0.717) is 29.3 Å². The Labute approximate surface area is 160 Å². The summed E-state index contributed by atoms with van der Waals surface area (Å²) in [6, 6.07) is 12.8. The standard InChI is InChI=1S/C19H17N5O2S/c25-18(22-15-4-2-1-3-5-15)13-6-8-20-17(10-13)24-9-7-16-14(12-24)11-21-19(23-16)27-26/h1-6,8,10-11,26H,7,9,12H2,(H,22,25). The van der Waals surface area contributed by atoms with Crippen LogP contribution in [0.4, 0.5) is 11.5 Å². The largest absolute Gasteiger partial charge is 0.352 e. The summed E-state index contributed by atoms with van der Waals surface area (Å²) >= 11 is 0.552. The molecule has 0 aliphatic carbocycles. The van der Waals surface area contributed by atoms with Gasteiger partial charge in [0.2, 0.25) is 5.16 Å². The van der Waals surface area contributed by atoms with Gasteiger partial charge in [0.25, 0.3) is 5.91 Å². The minimum Gasteiger partial charge on any atom is -0.352 e. The molecule has 0 saturated carbocycles. The molecule has 8 heteroatoms. The number of pyridine rings is 1. The highest BCUT2D eigenvalue weighted by atomic mass is 32.2. The zero-order valence-corrected chi connectivity index (χ0v) is 15.2. The maximum absolute atomic E-state index is 12.5. The van der Waals surface area contributed by atoms with Crippen molar-refractivity contribution in [3.8, 4) is 0 Å². The summed E-state index contributed by atoms with van der Waals surface area (Å²) in [5, 5.41) is 3.25. The van der Waals surface area contributed by atoms with Crippen molar-refractivity contribution in [2.75, 3.05) is 16.8 Å². The molecule has 0 spiro atoms. The lowest BCUT2D eigenvalue weighted by Crippen LogP contribution is -2.32. The van der Waals surface area contributed by atoms with Crippen LogP contribution in [0.25, 0.3) is 0 Å². The lowest BCUT2D eigenvalue weighted by Gasteiger charge is -2.29. The Kier molecular flexibility index (Phi) is 4.99. The third kappa shape index (κ3) is 3.91. The van der Waals surface area contributed by atoms with Crippen molar-refractivity contribution in [2.24, 2.45) is 0 Å². The summed E-state index contributed by atoms with van der Waals surface area (Å²) in [4.78, 5) is 27.5. The number of fused-ring (bicyclic) bond motifs is 1. The van der Waals surface area contributed by atoms with E-state index in [2.05, 4.69) is 25.2 Å². The minimum atomic E-state index is -0.171. The number of anilines is 2. The molecule has 1 aliphatic rings. The molecule has 4 rings (SSSR count). The highest BCUT2D eigenvalue weighted by molar-refractivity contribution is 7.93. The Morgan fingerprint density at radius 2 is 2.04 bits per heavy atom. The average molecular weight is 379 g/mol. The van der Waals surface area contributed by atoms with Crippen molar-refractivity contribution in [1.82, 2.24) is 15.0 Å². The number of hydrogen-bond donors (Lipinski definition) is 2. The van der Waals surface area contributed by atoms with Crippen LogP contribution >= 0.6 is 12.0 Å². The molecule has 1 amide bonds. The van der Waals surface area contributed by atoms with E-state index in [9.17, 15) is 4.79 Å². The van der Waals surface area contributed by atoms with Crippen LogP contribution < -0.4 is 10.2 Å². The monoisotopic (exact) mass is 379 g/mol. The summed E-state index contributed by atoms with van der Waals surface area (Å²) in [6.45, 7) is 1.35. The summed E-state index contributed by atoms with van der Waals surface area (Å²) in [5.74, 6) is 0.567. The molecule has 1 aliphatic heterocycles. The number of rotatable bonds is 4. The number of hydrogen-bond acceptors (Lipinski definition) is 7. The number of amides is 1. The highest BCUT2D eigenvalue weighted by Crippen LogP contribution is 2.23. The van der Waals surface area contributed by atoms with Gasteiger partial charge in [0.15, 0.2) is 0 Å². The average Bonchev–Trinajstić information content (AvgIpc) is 2.73. The quantitative estimate of drug-likeness (QED) is 0.531. The van der Waals surface area contributed by atoms with Gasteiger partial charge in [-0.05, 0) is 24.3 Å². The SMILES string of the molecule is O=C(Nc1ccccc1)c1ccnc(N2CCc3nc(SO)ncc3C2)c1. The topological polar surface area (TPSA) is 91.2 Å². The van der Waals surface area contributed by atoms with E-state index in [-0.39, 0.29) is 5.91 Å². The summed E-state index contributed by atoms with van der Waals surface area (Å²) in [7, 11) is 0. The molecule has 0 radical (unpaired) electrons. The maximum Gasteiger partial charge on any atom is 0.255 e. The van der Waals surface area contributed by atoms with Crippen molar-refractivity contribution in [3.05, 3.63) is 71.7 Å². The number of benzene rings is 1. The Balaban J connectivity index is 1.51. The minimum absolute atomic E-state index is 0.171. The fourth-order valence-corrected chi connectivity index (χ4v) is 3.25. The molecule has 3 heterocycles. The van der Waals surface area contributed by atoms with Crippen molar-refractivity contribution < 1.29 is 9.35 Å². The normalized spacial score (nSPS) is 13.1. The van der Waals surface area contributed by atoms with Crippen LogP contribution in [0.1, 0.15) is 21.6 Å². The van der Waals surface area contributed by atoms with Crippen molar-refractivity contribution in [3.63, 3.8) is 0 Å². The van der Waals surface area contributed by atoms with Gasteiger partial charge < -0.3 is 14.8 Å². The Bertz CT molecular complexity index is 967. The van der Waals surface area contributed by atoms with Crippen LogP contribution in [0.15, 0.2) is 60.0 Å². The van der Waals surface area contributed by atoms with Gasteiger partial charge in [-0.25, -0.2) is 15.0 Å². The van der Waals surface area contributed by atoms with Gasteiger partial charge in [0.05, 0.1) is 17.7 Å². The van der Waals surface area contributed by atoms with Gasteiger partial charge in [-0.15, -0.1) is 0 Å². The zero-order chi connectivity index (χ0) is 18.6. The maximum atomic E-state index is 12.5.